The van der Waals surface area contributed by atoms with E-state index in [0.29, 0.717) is 0 Å². The number of hydrogen-bond acceptors (Lipinski definition) is 2. The van der Waals surface area contributed by atoms with Crippen molar-refractivity contribution >= 4 is 17.5 Å². The normalized spacial score (nSPS) is 33.7. The van der Waals surface area contributed by atoms with Crippen LogP contribution >= 0.6 is 0 Å². The number of hydrogen-bond donors (Lipinski definition) is 0. The van der Waals surface area contributed by atoms with E-state index in [2.05, 4.69) is 19.1 Å². The molecule has 1 aliphatic heterocycles. The van der Waals surface area contributed by atoms with E-state index >= 15 is 0 Å². The Morgan fingerprint density at radius 2 is 1.57 bits per heavy atom. The molecule has 0 N–H and O–H groups in total. The van der Waals surface area contributed by atoms with Gasteiger partial charge >= 0.3 is 0 Å². The average molecular weight is 281 g/mol. The summed E-state index contributed by atoms with van der Waals surface area (Å²) in [7, 11) is 0. The van der Waals surface area contributed by atoms with Crippen molar-refractivity contribution in [3.05, 3.63) is 42.0 Å². The zero-order chi connectivity index (χ0) is 14.6. The van der Waals surface area contributed by atoms with Gasteiger partial charge in [-0.3, -0.25) is 9.59 Å². The number of carbonyl (C=O) groups is 2. The standard InChI is InChI=1S/C18H19NO2/c1-2-11-5-3-4-6-14(11)19-17(20)15-12-7-8-13(10-9-12)16(15)18(19)21/h3-8,12-13,15-16H,2,9-10H2,1H3/t12-,13-,15-,16-/m0/s1. The summed E-state index contributed by atoms with van der Waals surface area (Å²) in [4.78, 5) is 27.2. The molecule has 0 radical (unpaired) electrons. The van der Waals surface area contributed by atoms with Crippen LogP contribution in [0.4, 0.5) is 5.69 Å². The highest BCUT2D eigenvalue weighted by Crippen LogP contribution is 2.50. The molecule has 0 spiro atoms. The van der Waals surface area contributed by atoms with Crippen molar-refractivity contribution < 1.29 is 9.59 Å². The van der Waals surface area contributed by atoms with Gasteiger partial charge in [-0.1, -0.05) is 37.3 Å². The smallest absolute Gasteiger partial charge is 0.238 e. The molecule has 1 aromatic rings. The van der Waals surface area contributed by atoms with E-state index in [1.165, 1.54) is 4.90 Å². The molecule has 2 amide bonds. The zero-order valence-corrected chi connectivity index (χ0v) is 12.2. The molecule has 1 saturated carbocycles. The van der Waals surface area contributed by atoms with Crippen molar-refractivity contribution in [3.8, 4) is 0 Å². The third-order valence-corrected chi connectivity index (χ3v) is 5.37. The molecular formula is C18H19NO2. The monoisotopic (exact) mass is 281 g/mol. The second-order valence-electron chi connectivity index (χ2n) is 6.34. The molecule has 1 saturated heterocycles. The molecule has 21 heavy (non-hydrogen) atoms. The van der Waals surface area contributed by atoms with Crippen molar-refractivity contribution in [2.75, 3.05) is 4.90 Å². The van der Waals surface area contributed by atoms with Crippen LogP contribution in [0, 0.1) is 23.7 Å². The summed E-state index contributed by atoms with van der Waals surface area (Å²) in [5, 5.41) is 0. The number of aryl methyl sites for hydroxylation is 1. The summed E-state index contributed by atoms with van der Waals surface area (Å²) in [6, 6.07) is 7.78. The number of amides is 2. The fourth-order valence-corrected chi connectivity index (χ4v) is 4.34. The molecule has 2 bridgehead atoms. The zero-order valence-electron chi connectivity index (χ0n) is 12.2. The van der Waals surface area contributed by atoms with Crippen LogP contribution in [0.2, 0.25) is 0 Å². The summed E-state index contributed by atoms with van der Waals surface area (Å²) in [6.07, 6.45) is 7.24. The molecule has 2 fully saturated rings. The van der Waals surface area contributed by atoms with Crippen LogP contribution in [-0.4, -0.2) is 11.8 Å². The van der Waals surface area contributed by atoms with Crippen LogP contribution in [-0.2, 0) is 16.0 Å². The van der Waals surface area contributed by atoms with Crippen LogP contribution in [0.5, 0.6) is 0 Å². The topological polar surface area (TPSA) is 37.4 Å². The number of anilines is 1. The lowest BCUT2D eigenvalue weighted by atomic mass is 9.63. The Morgan fingerprint density at radius 1 is 1.00 bits per heavy atom. The average Bonchev–Trinajstić information content (AvgIpc) is 2.82. The third-order valence-electron chi connectivity index (χ3n) is 5.37. The number of nitrogens with zero attached hydrogens (tertiary/aromatic N) is 1. The summed E-state index contributed by atoms with van der Waals surface area (Å²) in [6.45, 7) is 2.06. The maximum absolute atomic E-state index is 12.9. The largest absolute Gasteiger partial charge is 0.274 e. The highest BCUT2D eigenvalue weighted by Gasteiger charge is 2.57. The Labute approximate surface area is 124 Å². The summed E-state index contributed by atoms with van der Waals surface area (Å²) in [5.41, 5.74) is 1.86. The van der Waals surface area contributed by atoms with Gasteiger partial charge in [-0.2, -0.15) is 0 Å². The SMILES string of the molecule is CCc1ccccc1N1C(=O)[C@@H]2[C@@H](C1=O)[C@H]1C=C[C@H]2CC1. The van der Waals surface area contributed by atoms with Crippen LogP contribution in [0.1, 0.15) is 25.3 Å². The van der Waals surface area contributed by atoms with Gasteiger partial charge in [0.2, 0.25) is 11.8 Å². The lowest BCUT2D eigenvalue weighted by molar-refractivity contribution is -0.124. The van der Waals surface area contributed by atoms with Gasteiger partial charge in [-0.25, -0.2) is 4.90 Å². The van der Waals surface area contributed by atoms with Crippen molar-refractivity contribution in [2.45, 2.75) is 26.2 Å². The van der Waals surface area contributed by atoms with E-state index in [1.54, 1.807) is 0 Å². The fourth-order valence-electron chi connectivity index (χ4n) is 4.34. The van der Waals surface area contributed by atoms with E-state index in [-0.39, 0.29) is 35.5 Å². The Hall–Kier alpha value is -1.90. The molecule has 108 valence electrons. The molecule has 0 aromatic heterocycles. The summed E-state index contributed by atoms with van der Waals surface area (Å²) >= 11 is 0. The number of imide groups is 1. The van der Waals surface area contributed by atoms with Crippen LogP contribution in [0.3, 0.4) is 0 Å². The highest BCUT2D eigenvalue weighted by atomic mass is 16.2. The summed E-state index contributed by atoms with van der Waals surface area (Å²) < 4.78 is 0. The maximum atomic E-state index is 12.9. The van der Waals surface area contributed by atoms with Crippen LogP contribution < -0.4 is 4.90 Å². The lowest BCUT2D eigenvalue weighted by Crippen LogP contribution is -2.38. The minimum Gasteiger partial charge on any atom is -0.274 e. The first kappa shape index (κ1) is 12.8. The maximum Gasteiger partial charge on any atom is 0.238 e. The highest BCUT2D eigenvalue weighted by molar-refractivity contribution is 6.22. The Kier molecular flexibility index (Phi) is 2.78. The Morgan fingerprint density at radius 3 is 2.10 bits per heavy atom. The molecule has 4 atom stereocenters. The van der Waals surface area contributed by atoms with Gasteiger partial charge in [0, 0.05) is 0 Å². The number of para-hydroxylation sites is 1. The van der Waals surface area contributed by atoms with Crippen molar-refractivity contribution in [1.29, 1.82) is 0 Å². The van der Waals surface area contributed by atoms with E-state index in [0.717, 1.165) is 30.5 Å². The first-order chi connectivity index (χ1) is 10.2. The minimum absolute atomic E-state index is 0.0185. The second-order valence-corrected chi connectivity index (χ2v) is 6.34. The van der Waals surface area contributed by atoms with Gasteiger partial charge in [0.15, 0.2) is 0 Å². The number of rotatable bonds is 2. The Balaban J connectivity index is 1.79. The van der Waals surface area contributed by atoms with Gasteiger partial charge in [0.1, 0.15) is 0 Å². The summed E-state index contributed by atoms with van der Waals surface area (Å²) in [5.74, 6) is 0.317. The number of fused-ring (bicyclic) bond motifs is 1. The van der Waals surface area contributed by atoms with Gasteiger partial charge in [0.25, 0.3) is 0 Å². The van der Waals surface area contributed by atoms with Crippen LogP contribution in [0.15, 0.2) is 36.4 Å². The van der Waals surface area contributed by atoms with Crippen molar-refractivity contribution in [2.24, 2.45) is 23.7 Å². The van der Waals surface area contributed by atoms with Crippen molar-refractivity contribution in [3.63, 3.8) is 0 Å². The third kappa shape index (κ3) is 1.66. The predicted molar refractivity (Wildman–Crippen MR) is 80.6 cm³/mol. The molecule has 0 unspecified atom stereocenters. The minimum atomic E-state index is -0.119. The fraction of sp³-hybridized carbons (Fsp3) is 0.444. The first-order valence-corrected chi connectivity index (χ1v) is 7.86. The number of allylic oxidation sites excluding steroid dienone is 2. The van der Waals surface area contributed by atoms with Gasteiger partial charge in [0.05, 0.1) is 17.5 Å². The van der Waals surface area contributed by atoms with Gasteiger partial charge < -0.3 is 0 Å². The van der Waals surface area contributed by atoms with E-state index < -0.39 is 0 Å². The van der Waals surface area contributed by atoms with Gasteiger partial charge in [-0.05, 0) is 42.7 Å². The molecule has 4 aliphatic rings. The predicted octanol–water partition coefficient (Wildman–Crippen LogP) is 2.95. The van der Waals surface area contributed by atoms with Crippen molar-refractivity contribution in [1.82, 2.24) is 0 Å². The molecular weight excluding hydrogens is 262 g/mol. The van der Waals surface area contributed by atoms with Crippen LogP contribution in [0.25, 0.3) is 0 Å². The Bertz CT molecular complexity index is 616. The molecule has 3 heteroatoms. The quantitative estimate of drug-likeness (QED) is 0.617. The van der Waals surface area contributed by atoms with Gasteiger partial charge in [-0.15, -0.1) is 0 Å². The first-order valence-electron chi connectivity index (χ1n) is 7.86. The molecule has 1 aromatic carbocycles. The molecule has 3 nitrogen and oxygen atoms in total. The lowest BCUT2D eigenvalue weighted by Gasteiger charge is -2.38. The molecule has 3 aliphatic carbocycles. The van der Waals surface area contributed by atoms with E-state index in [9.17, 15) is 9.59 Å². The second kappa shape index (κ2) is 4.55. The number of carbonyl (C=O) groups excluding carboxylic acids is 2. The molecule has 5 rings (SSSR count). The molecule has 1 heterocycles. The van der Waals surface area contributed by atoms with E-state index in [1.807, 2.05) is 24.3 Å². The van der Waals surface area contributed by atoms with E-state index in [4.69, 9.17) is 0 Å². The number of benzene rings is 1.